The van der Waals surface area contributed by atoms with Gasteiger partial charge in [-0.15, -0.1) is 11.3 Å². The second-order valence-electron chi connectivity index (χ2n) is 4.70. The molecular weight excluding hydrogens is 260 g/mol. The summed E-state index contributed by atoms with van der Waals surface area (Å²) in [7, 11) is 0. The molecule has 4 heteroatoms. The lowest BCUT2D eigenvalue weighted by molar-refractivity contribution is 0.0702. The monoisotopic (exact) mass is 274 g/mol. The van der Waals surface area contributed by atoms with E-state index in [1.54, 1.807) is 6.07 Å². The van der Waals surface area contributed by atoms with E-state index in [0.29, 0.717) is 4.88 Å². The van der Waals surface area contributed by atoms with Gasteiger partial charge in [0, 0.05) is 4.88 Å². The predicted molar refractivity (Wildman–Crippen MR) is 75.3 cm³/mol. The van der Waals surface area contributed by atoms with Gasteiger partial charge in [0.2, 0.25) is 0 Å². The summed E-state index contributed by atoms with van der Waals surface area (Å²) in [6.45, 7) is 2.74. The second kappa shape index (κ2) is 4.70. The minimum absolute atomic E-state index is 0.390. The maximum atomic E-state index is 11.0. The lowest BCUT2D eigenvalue weighted by Crippen LogP contribution is -2.07. The number of rotatable bonds is 2. The van der Waals surface area contributed by atoms with Crippen molar-refractivity contribution in [2.45, 2.75) is 19.8 Å². The van der Waals surface area contributed by atoms with Crippen molar-refractivity contribution in [1.29, 1.82) is 0 Å². The van der Waals surface area contributed by atoms with E-state index >= 15 is 0 Å². The van der Waals surface area contributed by atoms with Gasteiger partial charge in [-0.1, -0.05) is 0 Å². The van der Waals surface area contributed by atoms with Crippen molar-refractivity contribution in [3.63, 3.8) is 0 Å². The number of carboxylic acid groups (broad SMARTS) is 1. The van der Waals surface area contributed by atoms with Gasteiger partial charge in [-0.05, 0) is 60.7 Å². The van der Waals surface area contributed by atoms with Crippen LogP contribution in [-0.4, -0.2) is 17.7 Å². The van der Waals surface area contributed by atoms with Crippen LogP contribution in [0.3, 0.4) is 0 Å². The summed E-state index contributed by atoms with van der Waals surface area (Å²) >= 11 is 1.33. The first-order chi connectivity index (χ1) is 9.15. The highest BCUT2D eigenvalue weighted by atomic mass is 32.1. The Labute approximate surface area is 115 Å². The highest BCUT2D eigenvalue weighted by molar-refractivity contribution is 7.17. The molecule has 2 aromatic rings. The number of hydrogen-bond donors (Lipinski definition) is 1. The van der Waals surface area contributed by atoms with Crippen molar-refractivity contribution in [2.24, 2.45) is 0 Å². The van der Waals surface area contributed by atoms with Crippen LogP contribution in [0.25, 0.3) is 10.4 Å². The Kier molecular flexibility index (Phi) is 3.03. The van der Waals surface area contributed by atoms with Gasteiger partial charge in [0.25, 0.3) is 0 Å². The molecule has 0 spiro atoms. The molecule has 0 amide bonds. The highest BCUT2D eigenvalue weighted by Gasteiger charge is 2.15. The predicted octanol–water partition coefficient (Wildman–Crippen LogP) is 3.75. The molecule has 2 heterocycles. The number of fused-ring (bicyclic) bond motifs is 1. The molecule has 3 rings (SSSR count). The Balaban J connectivity index is 2.04. The van der Waals surface area contributed by atoms with E-state index in [0.717, 1.165) is 41.2 Å². The van der Waals surface area contributed by atoms with Crippen LogP contribution >= 0.6 is 11.3 Å². The largest absolute Gasteiger partial charge is 0.493 e. The van der Waals surface area contributed by atoms with E-state index < -0.39 is 5.97 Å². The summed E-state index contributed by atoms with van der Waals surface area (Å²) in [6, 6.07) is 7.86. The Bertz CT molecular complexity index is 643. The average Bonchev–Trinajstić information content (AvgIpc) is 2.80. The lowest BCUT2D eigenvalue weighted by Gasteiger charge is -2.17. The molecule has 1 aromatic carbocycles. The Morgan fingerprint density at radius 2 is 2.21 bits per heavy atom. The molecule has 0 aliphatic carbocycles. The van der Waals surface area contributed by atoms with Crippen molar-refractivity contribution in [2.75, 3.05) is 6.61 Å². The minimum atomic E-state index is -0.861. The number of thiophene rings is 1. The number of benzene rings is 1. The van der Waals surface area contributed by atoms with Crippen molar-refractivity contribution < 1.29 is 14.6 Å². The topological polar surface area (TPSA) is 46.5 Å². The van der Waals surface area contributed by atoms with Crippen LogP contribution in [-0.2, 0) is 6.42 Å². The molecule has 0 saturated heterocycles. The summed E-state index contributed by atoms with van der Waals surface area (Å²) in [4.78, 5) is 12.4. The van der Waals surface area contributed by atoms with Crippen LogP contribution < -0.4 is 4.74 Å². The fraction of sp³-hybridized carbons (Fsp3) is 0.267. The molecule has 1 N–H and O–H groups in total. The number of hydrogen-bond acceptors (Lipinski definition) is 3. The molecule has 0 fully saturated rings. The number of carbonyl (C=O) groups is 1. The summed E-state index contributed by atoms with van der Waals surface area (Å²) in [5, 5.41) is 9.05. The molecule has 0 atom stereocenters. The standard InChI is InChI=1S/C15H14O3S/c1-9-7-13(15(16)17)19-14(9)11-4-5-12-10(8-11)3-2-6-18-12/h4-5,7-8H,2-3,6H2,1H3,(H,16,17). The molecule has 0 bridgehead atoms. The fourth-order valence-electron chi connectivity index (χ4n) is 2.38. The molecule has 0 saturated carbocycles. The lowest BCUT2D eigenvalue weighted by atomic mass is 10.0. The smallest absolute Gasteiger partial charge is 0.345 e. The second-order valence-corrected chi connectivity index (χ2v) is 5.75. The maximum absolute atomic E-state index is 11.0. The molecule has 0 radical (unpaired) electrons. The van der Waals surface area contributed by atoms with Crippen molar-refractivity contribution in [3.05, 3.63) is 40.3 Å². The molecule has 3 nitrogen and oxygen atoms in total. The first kappa shape index (κ1) is 12.2. The van der Waals surface area contributed by atoms with Gasteiger partial charge >= 0.3 is 5.97 Å². The Morgan fingerprint density at radius 1 is 1.37 bits per heavy atom. The van der Waals surface area contributed by atoms with E-state index in [4.69, 9.17) is 9.84 Å². The van der Waals surface area contributed by atoms with Crippen molar-refractivity contribution >= 4 is 17.3 Å². The molecular formula is C15H14O3S. The third-order valence-electron chi connectivity index (χ3n) is 3.30. The van der Waals surface area contributed by atoms with E-state index in [1.165, 1.54) is 16.9 Å². The summed E-state index contributed by atoms with van der Waals surface area (Å²) in [5.41, 5.74) is 3.31. The zero-order valence-electron chi connectivity index (χ0n) is 10.6. The molecule has 0 unspecified atom stereocenters. The van der Waals surface area contributed by atoms with Gasteiger partial charge in [0.1, 0.15) is 10.6 Å². The van der Waals surface area contributed by atoms with Gasteiger partial charge in [0.05, 0.1) is 6.61 Å². The third kappa shape index (κ3) is 2.24. The highest BCUT2D eigenvalue weighted by Crippen LogP contribution is 2.36. The Hall–Kier alpha value is -1.81. The zero-order valence-corrected chi connectivity index (χ0v) is 11.4. The molecule has 1 aromatic heterocycles. The molecule has 98 valence electrons. The minimum Gasteiger partial charge on any atom is -0.493 e. The number of aromatic carboxylic acids is 1. The van der Waals surface area contributed by atoms with Crippen LogP contribution in [0.4, 0.5) is 0 Å². The van der Waals surface area contributed by atoms with E-state index in [1.807, 2.05) is 19.1 Å². The Morgan fingerprint density at radius 3 is 2.95 bits per heavy atom. The SMILES string of the molecule is Cc1cc(C(=O)O)sc1-c1ccc2c(c1)CCCO2. The van der Waals surface area contributed by atoms with Crippen LogP contribution in [0.2, 0.25) is 0 Å². The summed E-state index contributed by atoms with van der Waals surface area (Å²) in [6.07, 6.45) is 2.07. The van der Waals surface area contributed by atoms with E-state index in [9.17, 15) is 4.79 Å². The van der Waals surface area contributed by atoms with Crippen LogP contribution in [0.15, 0.2) is 24.3 Å². The first-order valence-electron chi connectivity index (χ1n) is 6.25. The number of carboxylic acids is 1. The maximum Gasteiger partial charge on any atom is 0.345 e. The zero-order chi connectivity index (χ0) is 13.4. The normalized spacial score (nSPS) is 13.7. The van der Waals surface area contributed by atoms with Gasteiger partial charge < -0.3 is 9.84 Å². The summed E-state index contributed by atoms with van der Waals surface area (Å²) in [5.74, 6) is 0.100. The van der Waals surface area contributed by atoms with Gasteiger partial charge in [-0.2, -0.15) is 0 Å². The van der Waals surface area contributed by atoms with E-state index in [-0.39, 0.29) is 0 Å². The first-order valence-corrected chi connectivity index (χ1v) is 7.06. The molecule has 1 aliphatic heterocycles. The fourth-order valence-corrected chi connectivity index (χ4v) is 3.38. The quantitative estimate of drug-likeness (QED) is 0.907. The molecule has 19 heavy (non-hydrogen) atoms. The average molecular weight is 274 g/mol. The van der Waals surface area contributed by atoms with Crippen LogP contribution in [0.1, 0.15) is 27.2 Å². The van der Waals surface area contributed by atoms with E-state index in [2.05, 4.69) is 6.07 Å². The van der Waals surface area contributed by atoms with Crippen molar-refractivity contribution in [3.8, 4) is 16.2 Å². The molecule has 1 aliphatic rings. The number of ether oxygens (including phenoxy) is 1. The summed E-state index contributed by atoms with van der Waals surface area (Å²) < 4.78 is 5.60. The third-order valence-corrected chi connectivity index (χ3v) is 4.57. The van der Waals surface area contributed by atoms with Gasteiger partial charge in [-0.25, -0.2) is 4.79 Å². The van der Waals surface area contributed by atoms with Crippen LogP contribution in [0, 0.1) is 6.92 Å². The van der Waals surface area contributed by atoms with Gasteiger partial charge in [0.15, 0.2) is 0 Å². The number of aryl methyl sites for hydroxylation is 2. The van der Waals surface area contributed by atoms with Crippen LogP contribution in [0.5, 0.6) is 5.75 Å². The van der Waals surface area contributed by atoms with Gasteiger partial charge in [-0.3, -0.25) is 0 Å². The van der Waals surface area contributed by atoms with Crippen molar-refractivity contribution in [1.82, 2.24) is 0 Å².